The van der Waals surface area contributed by atoms with Crippen molar-refractivity contribution in [3.05, 3.63) is 31.5 Å². The fourth-order valence-electron chi connectivity index (χ4n) is 0.879. The van der Waals surface area contributed by atoms with Gasteiger partial charge < -0.3 is 0 Å². The van der Waals surface area contributed by atoms with Gasteiger partial charge in [0.05, 0.1) is 0 Å². The number of hydrogen-bond donors (Lipinski definition) is 2. The summed E-state index contributed by atoms with van der Waals surface area (Å²) in [4.78, 5) is 36.3. The Hall–Kier alpha value is -1.59. The molecule has 1 aromatic heterocycles. The summed E-state index contributed by atoms with van der Waals surface area (Å²) in [6.45, 7) is 2.14. The predicted octanol–water partition coefficient (Wildman–Crippen LogP) is -1.37. The Morgan fingerprint density at radius 3 is 2.08 bits per heavy atom. The van der Waals surface area contributed by atoms with Crippen LogP contribution in [-0.4, -0.2) is 14.5 Å². The Morgan fingerprint density at radius 2 is 1.67 bits per heavy atom. The summed E-state index contributed by atoms with van der Waals surface area (Å²) in [6.07, 6.45) is 0.662. The van der Waals surface area contributed by atoms with E-state index in [9.17, 15) is 14.4 Å². The quantitative estimate of drug-likeness (QED) is 0.575. The first-order chi connectivity index (χ1) is 5.65. The topological polar surface area (TPSA) is 87.7 Å². The number of nitrogens with zero attached hydrogens (tertiary/aromatic N) is 1. The van der Waals surface area contributed by atoms with Gasteiger partial charge in [-0.05, 0) is 6.42 Å². The van der Waals surface area contributed by atoms with E-state index in [0.29, 0.717) is 13.0 Å². The first-order valence-electron chi connectivity index (χ1n) is 3.58. The lowest BCUT2D eigenvalue weighted by molar-refractivity contribution is 0.586. The Kier molecular flexibility index (Phi) is 2.27. The second-order valence-corrected chi connectivity index (χ2v) is 2.34. The lowest BCUT2D eigenvalue weighted by Gasteiger charge is -1.97. The standard InChI is InChI=1S/C6H9N3O3/c1-2-3-9-5(11)7-4(10)8-6(9)12/h2-3H2,1H3,(H2,7,8,10,11,12). The van der Waals surface area contributed by atoms with Crippen molar-refractivity contribution in [1.29, 1.82) is 0 Å². The summed E-state index contributed by atoms with van der Waals surface area (Å²) in [5.74, 6) is 0. The van der Waals surface area contributed by atoms with E-state index in [1.807, 2.05) is 16.9 Å². The smallest absolute Gasteiger partial charge is 0.259 e. The van der Waals surface area contributed by atoms with Gasteiger partial charge in [0, 0.05) is 6.54 Å². The van der Waals surface area contributed by atoms with Gasteiger partial charge in [0.25, 0.3) is 0 Å². The van der Waals surface area contributed by atoms with Gasteiger partial charge in [0.15, 0.2) is 0 Å². The van der Waals surface area contributed by atoms with E-state index in [4.69, 9.17) is 0 Å². The summed E-state index contributed by atoms with van der Waals surface area (Å²) in [5.41, 5.74) is -2.09. The van der Waals surface area contributed by atoms with Crippen molar-refractivity contribution in [3.8, 4) is 0 Å². The largest absolute Gasteiger partial charge is 0.333 e. The maximum Gasteiger partial charge on any atom is 0.333 e. The van der Waals surface area contributed by atoms with Crippen molar-refractivity contribution in [2.45, 2.75) is 19.9 Å². The van der Waals surface area contributed by atoms with Crippen LogP contribution in [0.3, 0.4) is 0 Å². The van der Waals surface area contributed by atoms with Crippen LogP contribution in [0.15, 0.2) is 14.4 Å². The highest BCUT2D eigenvalue weighted by molar-refractivity contribution is 4.68. The summed E-state index contributed by atoms with van der Waals surface area (Å²) in [7, 11) is 0. The first kappa shape index (κ1) is 8.51. The Balaban J connectivity index is 3.39. The molecule has 0 fully saturated rings. The van der Waals surface area contributed by atoms with Crippen LogP contribution in [0.2, 0.25) is 0 Å². The highest BCUT2D eigenvalue weighted by atomic mass is 16.2. The summed E-state index contributed by atoms with van der Waals surface area (Å²) in [5, 5.41) is 0. The van der Waals surface area contributed by atoms with Crippen LogP contribution < -0.4 is 17.1 Å². The van der Waals surface area contributed by atoms with Gasteiger partial charge >= 0.3 is 17.1 Å². The number of hydrogen-bond acceptors (Lipinski definition) is 3. The second kappa shape index (κ2) is 3.21. The Bertz CT molecular complexity index is 390. The molecule has 0 unspecified atom stereocenters. The van der Waals surface area contributed by atoms with E-state index in [-0.39, 0.29) is 0 Å². The average molecular weight is 171 g/mol. The van der Waals surface area contributed by atoms with E-state index in [1.54, 1.807) is 0 Å². The molecule has 0 radical (unpaired) electrons. The molecule has 0 aliphatic rings. The highest BCUT2D eigenvalue weighted by Gasteiger charge is 1.99. The van der Waals surface area contributed by atoms with Crippen LogP contribution in [0.5, 0.6) is 0 Å². The molecule has 1 heterocycles. The zero-order valence-electron chi connectivity index (χ0n) is 6.59. The fourth-order valence-corrected chi connectivity index (χ4v) is 0.879. The van der Waals surface area contributed by atoms with Crippen molar-refractivity contribution < 1.29 is 0 Å². The van der Waals surface area contributed by atoms with Crippen LogP contribution in [-0.2, 0) is 6.54 Å². The highest BCUT2D eigenvalue weighted by Crippen LogP contribution is 1.74. The Morgan fingerprint density at radius 1 is 1.17 bits per heavy atom. The van der Waals surface area contributed by atoms with Crippen LogP contribution in [0.25, 0.3) is 0 Å². The lowest BCUT2D eigenvalue weighted by Crippen LogP contribution is -2.43. The van der Waals surface area contributed by atoms with Crippen LogP contribution in [0.4, 0.5) is 0 Å². The maximum absolute atomic E-state index is 10.9. The van der Waals surface area contributed by atoms with E-state index in [1.165, 1.54) is 0 Å². The summed E-state index contributed by atoms with van der Waals surface area (Å²) in [6, 6.07) is 0. The molecule has 0 atom stereocenters. The lowest BCUT2D eigenvalue weighted by atomic mass is 10.5. The first-order valence-corrected chi connectivity index (χ1v) is 3.58. The zero-order chi connectivity index (χ0) is 9.14. The van der Waals surface area contributed by atoms with Crippen molar-refractivity contribution in [3.63, 3.8) is 0 Å². The van der Waals surface area contributed by atoms with Crippen molar-refractivity contribution >= 4 is 0 Å². The molecule has 0 saturated heterocycles. The molecular formula is C6H9N3O3. The van der Waals surface area contributed by atoms with Crippen molar-refractivity contribution in [1.82, 2.24) is 14.5 Å². The molecule has 0 amide bonds. The van der Waals surface area contributed by atoms with Gasteiger partial charge in [-0.3, -0.25) is 9.97 Å². The third-order valence-electron chi connectivity index (χ3n) is 1.38. The molecule has 1 rings (SSSR count). The normalized spacial score (nSPS) is 10.1. The predicted molar refractivity (Wildman–Crippen MR) is 42.2 cm³/mol. The number of H-pyrrole nitrogens is 2. The average Bonchev–Trinajstić information content (AvgIpc) is 1.96. The van der Waals surface area contributed by atoms with E-state index in [2.05, 4.69) is 0 Å². The third kappa shape index (κ3) is 1.52. The van der Waals surface area contributed by atoms with Gasteiger partial charge in [-0.2, -0.15) is 0 Å². The van der Waals surface area contributed by atoms with E-state index in [0.717, 1.165) is 4.57 Å². The Labute approximate surface area is 66.9 Å². The van der Waals surface area contributed by atoms with Gasteiger partial charge in [-0.25, -0.2) is 19.0 Å². The van der Waals surface area contributed by atoms with Gasteiger partial charge in [0.1, 0.15) is 0 Å². The minimum atomic E-state index is -0.766. The molecular weight excluding hydrogens is 162 g/mol. The van der Waals surface area contributed by atoms with E-state index >= 15 is 0 Å². The minimum Gasteiger partial charge on any atom is -0.259 e. The van der Waals surface area contributed by atoms with Gasteiger partial charge in [-0.1, -0.05) is 6.92 Å². The van der Waals surface area contributed by atoms with Crippen molar-refractivity contribution in [2.24, 2.45) is 0 Å². The molecule has 0 spiro atoms. The molecule has 6 heteroatoms. The number of aromatic nitrogens is 3. The molecule has 0 aliphatic heterocycles. The SMILES string of the molecule is CCCn1c(=O)[nH]c(=O)[nH]c1=O. The summed E-state index contributed by atoms with van der Waals surface area (Å²) >= 11 is 0. The molecule has 2 N–H and O–H groups in total. The number of rotatable bonds is 2. The fraction of sp³-hybridized carbons (Fsp3) is 0.500. The van der Waals surface area contributed by atoms with Crippen LogP contribution in [0.1, 0.15) is 13.3 Å². The molecule has 0 saturated carbocycles. The molecule has 1 aromatic rings. The van der Waals surface area contributed by atoms with Crippen molar-refractivity contribution in [2.75, 3.05) is 0 Å². The molecule has 6 nitrogen and oxygen atoms in total. The third-order valence-corrected chi connectivity index (χ3v) is 1.38. The molecule has 0 bridgehead atoms. The molecule has 0 aliphatic carbocycles. The van der Waals surface area contributed by atoms with Crippen LogP contribution in [0, 0.1) is 0 Å². The number of aromatic amines is 2. The van der Waals surface area contributed by atoms with Crippen LogP contribution >= 0.6 is 0 Å². The monoisotopic (exact) mass is 171 g/mol. The zero-order valence-corrected chi connectivity index (χ0v) is 6.59. The van der Waals surface area contributed by atoms with Gasteiger partial charge in [-0.15, -0.1) is 0 Å². The maximum atomic E-state index is 10.9. The van der Waals surface area contributed by atoms with Gasteiger partial charge in [0.2, 0.25) is 0 Å². The molecule has 66 valence electrons. The molecule has 0 aromatic carbocycles. The molecule has 12 heavy (non-hydrogen) atoms. The second-order valence-electron chi connectivity index (χ2n) is 2.34. The number of nitrogens with one attached hydrogen (secondary N) is 2. The minimum absolute atomic E-state index is 0.310. The van der Waals surface area contributed by atoms with E-state index < -0.39 is 17.1 Å². The summed E-state index contributed by atoms with van der Waals surface area (Å²) < 4.78 is 0.946.